The number of pyridine rings is 1. The molecule has 0 bridgehead atoms. The van der Waals surface area contributed by atoms with Gasteiger partial charge in [0.05, 0.1) is 5.69 Å². The molecule has 0 amide bonds. The molecular formula is C13H13BrN4S. The first-order valence-corrected chi connectivity index (χ1v) is 8.06. The predicted octanol–water partition coefficient (Wildman–Crippen LogP) is 3.48. The Morgan fingerprint density at radius 3 is 2.95 bits per heavy atom. The number of thioether (sulfide) groups is 1. The number of anilines is 1. The van der Waals surface area contributed by atoms with Gasteiger partial charge in [0.25, 0.3) is 0 Å². The van der Waals surface area contributed by atoms with E-state index in [0.29, 0.717) is 5.82 Å². The maximum atomic E-state index is 4.65. The van der Waals surface area contributed by atoms with E-state index in [1.807, 2.05) is 23.9 Å². The van der Waals surface area contributed by atoms with Gasteiger partial charge in [-0.25, -0.2) is 9.97 Å². The van der Waals surface area contributed by atoms with Crippen LogP contribution in [0, 0.1) is 0 Å². The molecule has 2 aromatic rings. The zero-order valence-electron chi connectivity index (χ0n) is 10.5. The molecule has 0 spiro atoms. The van der Waals surface area contributed by atoms with Crippen molar-refractivity contribution in [3.05, 3.63) is 34.1 Å². The van der Waals surface area contributed by atoms with Crippen molar-refractivity contribution < 1.29 is 0 Å². The zero-order valence-corrected chi connectivity index (χ0v) is 12.9. The molecular weight excluding hydrogens is 324 g/mol. The van der Waals surface area contributed by atoms with Gasteiger partial charge in [-0.3, -0.25) is 4.98 Å². The van der Waals surface area contributed by atoms with Gasteiger partial charge in [-0.05, 0) is 35.0 Å². The lowest BCUT2D eigenvalue weighted by atomic mass is 10.2. The largest absolute Gasteiger partial charge is 0.370 e. The zero-order chi connectivity index (χ0) is 13.2. The smallest absolute Gasteiger partial charge is 0.180 e. The summed E-state index contributed by atoms with van der Waals surface area (Å²) in [6.45, 7) is 2.94. The molecule has 0 saturated carbocycles. The van der Waals surface area contributed by atoms with Crippen molar-refractivity contribution in [3.8, 4) is 11.5 Å². The molecule has 1 aliphatic heterocycles. The van der Waals surface area contributed by atoms with E-state index in [-0.39, 0.29) is 0 Å². The molecule has 0 aromatic carbocycles. The van der Waals surface area contributed by atoms with E-state index in [1.165, 1.54) is 5.56 Å². The number of nitrogens with one attached hydrogen (secondary N) is 1. The van der Waals surface area contributed by atoms with E-state index in [0.717, 1.165) is 39.7 Å². The summed E-state index contributed by atoms with van der Waals surface area (Å²) in [5, 5.41) is 3.33. The Kier molecular flexibility index (Phi) is 3.70. The van der Waals surface area contributed by atoms with E-state index in [9.17, 15) is 0 Å². The fraction of sp³-hybridized carbons (Fsp3) is 0.308. The van der Waals surface area contributed by atoms with Gasteiger partial charge in [0.2, 0.25) is 0 Å². The second-order valence-corrected chi connectivity index (χ2v) is 6.11. The van der Waals surface area contributed by atoms with Crippen LogP contribution >= 0.6 is 27.7 Å². The van der Waals surface area contributed by atoms with Gasteiger partial charge in [0.15, 0.2) is 5.82 Å². The van der Waals surface area contributed by atoms with Crippen LogP contribution in [0.5, 0.6) is 0 Å². The van der Waals surface area contributed by atoms with Crippen molar-refractivity contribution in [1.82, 2.24) is 15.0 Å². The van der Waals surface area contributed by atoms with Gasteiger partial charge in [-0.1, -0.05) is 0 Å². The van der Waals surface area contributed by atoms with Gasteiger partial charge in [0, 0.05) is 34.3 Å². The van der Waals surface area contributed by atoms with Gasteiger partial charge in [-0.15, -0.1) is 0 Å². The van der Waals surface area contributed by atoms with Crippen molar-refractivity contribution >= 4 is 33.5 Å². The minimum atomic E-state index is 0.699. The first-order valence-electron chi connectivity index (χ1n) is 6.11. The maximum absolute atomic E-state index is 4.65. The summed E-state index contributed by atoms with van der Waals surface area (Å²) in [6.07, 6.45) is 1.77. The average molecular weight is 337 g/mol. The summed E-state index contributed by atoms with van der Waals surface area (Å²) in [4.78, 5) is 13.6. The Labute approximate surface area is 124 Å². The number of aromatic nitrogens is 3. The minimum Gasteiger partial charge on any atom is -0.370 e. The Balaban J connectivity index is 2.07. The molecule has 4 nitrogen and oxygen atoms in total. The van der Waals surface area contributed by atoms with Crippen LogP contribution in [0.15, 0.2) is 22.8 Å². The molecule has 0 atom stereocenters. The molecule has 1 N–H and O–H groups in total. The number of nitrogens with zero attached hydrogens (tertiary/aromatic N) is 3. The Morgan fingerprint density at radius 1 is 1.32 bits per heavy atom. The van der Waals surface area contributed by atoms with Crippen molar-refractivity contribution in [1.29, 1.82) is 0 Å². The third kappa shape index (κ3) is 2.60. The lowest BCUT2D eigenvalue weighted by Gasteiger charge is -2.10. The highest BCUT2D eigenvalue weighted by Gasteiger charge is 2.20. The van der Waals surface area contributed by atoms with Gasteiger partial charge in [0.1, 0.15) is 11.5 Å². The fourth-order valence-corrected chi connectivity index (χ4v) is 3.26. The molecule has 2 aromatic heterocycles. The van der Waals surface area contributed by atoms with Gasteiger partial charge in [-0.2, -0.15) is 11.8 Å². The summed E-state index contributed by atoms with van der Waals surface area (Å²) in [5.41, 5.74) is 3.19. The van der Waals surface area contributed by atoms with E-state index in [4.69, 9.17) is 0 Å². The topological polar surface area (TPSA) is 50.7 Å². The van der Waals surface area contributed by atoms with Crippen LogP contribution in [0.25, 0.3) is 11.5 Å². The quantitative estimate of drug-likeness (QED) is 0.929. The summed E-state index contributed by atoms with van der Waals surface area (Å²) in [5.74, 6) is 3.60. The molecule has 6 heteroatoms. The van der Waals surface area contributed by atoms with Crippen molar-refractivity contribution in [2.75, 3.05) is 11.9 Å². The van der Waals surface area contributed by atoms with E-state index >= 15 is 0 Å². The molecule has 98 valence electrons. The predicted molar refractivity (Wildman–Crippen MR) is 82.1 cm³/mol. The molecule has 0 unspecified atom stereocenters. The number of fused-ring (bicyclic) bond motifs is 1. The summed E-state index contributed by atoms with van der Waals surface area (Å²) < 4.78 is 0.958. The Hall–Kier alpha value is -1.14. The highest BCUT2D eigenvalue weighted by molar-refractivity contribution is 9.10. The van der Waals surface area contributed by atoms with E-state index in [2.05, 4.69) is 43.1 Å². The average Bonchev–Trinajstić information content (AvgIpc) is 2.88. The van der Waals surface area contributed by atoms with Crippen LogP contribution in [0.3, 0.4) is 0 Å². The van der Waals surface area contributed by atoms with Crippen molar-refractivity contribution in [2.45, 2.75) is 18.4 Å². The van der Waals surface area contributed by atoms with Crippen LogP contribution in [-0.4, -0.2) is 21.5 Å². The second-order valence-electron chi connectivity index (χ2n) is 4.21. The summed E-state index contributed by atoms with van der Waals surface area (Å²) in [7, 11) is 0. The monoisotopic (exact) mass is 336 g/mol. The van der Waals surface area contributed by atoms with E-state index < -0.39 is 0 Å². The van der Waals surface area contributed by atoms with Crippen LogP contribution in [0.1, 0.15) is 18.2 Å². The molecule has 19 heavy (non-hydrogen) atoms. The highest BCUT2D eigenvalue weighted by Crippen LogP contribution is 2.34. The number of hydrogen-bond acceptors (Lipinski definition) is 5. The molecule has 3 heterocycles. The molecule has 1 aliphatic rings. The molecule has 0 aliphatic carbocycles. The highest BCUT2D eigenvalue weighted by atomic mass is 79.9. The lowest BCUT2D eigenvalue weighted by Crippen LogP contribution is -2.07. The molecule has 0 radical (unpaired) electrons. The fourth-order valence-electron chi connectivity index (χ4n) is 1.99. The first-order chi connectivity index (χ1) is 9.28. The second kappa shape index (κ2) is 5.46. The number of rotatable bonds is 3. The first kappa shape index (κ1) is 12.9. The van der Waals surface area contributed by atoms with Gasteiger partial charge >= 0.3 is 0 Å². The summed E-state index contributed by atoms with van der Waals surface area (Å²) in [6, 6.07) is 3.89. The van der Waals surface area contributed by atoms with Crippen LogP contribution in [-0.2, 0) is 11.5 Å². The molecule has 0 saturated heterocycles. The Bertz CT molecular complexity index is 600. The standard InChI is InChI=1S/C13H13BrN4S/c1-2-15-12-9-6-19-7-11(9)17-13(18-12)10-4-3-8(14)5-16-10/h3-5H,2,6-7H2,1H3,(H,15,17,18). The lowest BCUT2D eigenvalue weighted by molar-refractivity contribution is 1.04. The maximum Gasteiger partial charge on any atom is 0.180 e. The van der Waals surface area contributed by atoms with E-state index in [1.54, 1.807) is 6.20 Å². The Morgan fingerprint density at radius 2 is 2.21 bits per heavy atom. The SMILES string of the molecule is CCNc1nc(-c2ccc(Br)cn2)nc2c1CSC2. The van der Waals surface area contributed by atoms with Gasteiger partial charge < -0.3 is 5.32 Å². The minimum absolute atomic E-state index is 0.699. The normalized spacial score (nSPS) is 13.4. The third-order valence-electron chi connectivity index (χ3n) is 2.88. The van der Waals surface area contributed by atoms with Crippen LogP contribution < -0.4 is 5.32 Å². The summed E-state index contributed by atoms with van der Waals surface area (Å²) >= 11 is 5.27. The number of hydrogen-bond donors (Lipinski definition) is 1. The number of halogens is 1. The van der Waals surface area contributed by atoms with Crippen LogP contribution in [0.2, 0.25) is 0 Å². The van der Waals surface area contributed by atoms with Crippen LogP contribution in [0.4, 0.5) is 5.82 Å². The third-order valence-corrected chi connectivity index (χ3v) is 4.32. The molecule has 3 rings (SSSR count). The van der Waals surface area contributed by atoms with Crippen molar-refractivity contribution in [2.24, 2.45) is 0 Å². The van der Waals surface area contributed by atoms with Crippen molar-refractivity contribution in [3.63, 3.8) is 0 Å². The molecule has 0 fully saturated rings.